The Labute approximate surface area is 168 Å². The quantitative estimate of drug-likeness (QED) is 0.598. The number of nitrogens with zero attached hydrogens (tertiary/aromatic N) is 3. The first-order valence-electron chi connectivity index (χ1n) is 9.54. The van der Waals surface area contributed by atoms with Gasteiger partial charge in [-0.15, -0.1) is 0 Å². The van der Waals surface area contributed by atoms with Crippen LogP contribution in [0.15, 0.2) is 49.1 Å². The van der Waals surface area contributed by atoms with E-state index in [0.29, 0.717) is 22.8 Å². The van der Waals surface area contributed by atoms with Crippen LogP contribution in [-0.2, 0) is 0 Å². The van der Waals surface area contributed by atoms with Gasteiger partial charge in [0.1, 0.15) is 11.8 Å². The molecule has 1 saturated heterocycles. The molecule has 3 aromatic rings. The fraction of sp³-hybridized carbons (Fsp3) is 0.238. The number of amides is 1. The smallest absolute Gasteiger partial charge is 0.274 e. The molecule has 1 aliphatic rings. The Morgan fingerprint density at radius 1 is 1.14 bits per heavy atom. The van der Waals surface area contributed by atoms with Crippen molar-refractivity contribution in [2.24, 2.45) is 0 Å². The lowest BCUT2D eigenvalue weighted by molar-refractivity contribution is 0.102. The molecule has 0 aliphatic carbocycles. The number of carbonyl (C=O) groups excluding carboxylic acids is 1. The summed E-state index contributed by atoms with van der Waals surface area (Å²) < 4.78 is 5.89. The van der Waals surface area contributed by atoms with Gasteiger partial charge in [0.15, 0.2) is 0 Å². The molecule has 0 saturated carbocycles. The molecule has 1 aliphatic heterocycles. The Kier molecular flexibility index (Phi) is 5.92. The van der Waals surface area contributed by atoms with Gasteiger partial charge in [-0.1, -0.05) is 18.2 Å². The summed E-state index contributed by atoms with van der Waals surface area (Å²) >= 11 is 0. The van der Waals surface area contributed by atoms with Crippen molar-refractivity contribution in [3.8, 4) is 5.88 Å². The maximum absolute atomic E-state index is 12.6. The van der Waals surface area contributed by atoms with Crippen LogP contribution in [0.3, 0.4) is 0 Å². The molecule has 8 heteroatoms. The topological polar surface area (TPSA) is 105 Å². The van der Waals surface area contributed by atoms with Gasteiger partial charge in [-0.2, -0.15) is 5.10 Å². The van der Waals surface area contributed by atoms with Gasteiger partial charge in [-0.25, -0.2) is 4.98 Å². The lowest BCUT2D eigenvalue weighted by Crippen LogP contribution is -2.34. The predicted molar refractivity (Wildman–Crippen MR) is 110 cm³/mol. The number of nitrogens with one attached hydrogen (secondary N) is 3. The van der Waals surface area contributed by atoms with Gasteiger partial charge in [0.05, 0.1) is 18.1 Å². The zero-order chi connectivity index (χ0) is 19.9. The van der Waals surface area contributed by atoms with Crippen molar-refractivity contribution in [1.29, 1.82) is 0 Å². The van der Waals surface area contributed by atoms with Crippen LogP contribution in [-0.4, -0.2) is 45.3 Å². The largest absolute Gasteiger partial charge is 0.474 e. The van der Waals surface area contributed by atoms with Crippen molar-refractivity contribution in [3.05, 3.63) is 65.9 Å². The third-order valence-corrected chi connectivity index (χ3v) is 4.60. The highest BCUT2D eigenvalue weighted by Gasteiger charge is 2.16. The Morgan fingerprint density at radius 2 is 2.03 bits per heavy atom. The number of ether oxygens (including phenoxy) is 1. The molecule has 0 atom stereocenters. The highest BCUT2D eigenvalue weighted by molar-refractivity contribution is 6.05. The zero-order valence-electron chi connectivity index (χ0n) is 15.8. The lowest BCUT2D eigenvalue weighted by Gasteiger charge is -2.23. The molecule has 4 heterocycles. The third-order valence-electron chi connectivity index (χ3n) is 4.60. The second-order valence-electron chi connectivity index (χ2n) is 6.73. The van der Waals surface area contributed by atoms with E-state index in [9.17, 15) is 4.79 Å². The van der Waals surface area contributed by atoms with E-state index in [-0.39, 0.29) is 12.0 Å². The summed E-state index contributed by atoms with van der Waals surface area (Å²) in [5.74, 6) is 0.277. The summed E-state index contributed by atoms with van der Waals surface area (Å²) in [7, 11) is 0. The van der Waals surface area contributed by atoms with Crippen LogP contribution < -0.4 is 15.4 Å². The number of aromatic amines is 1. The van der Waals surface area contributed by atoms with Gasteiger partial charge < -0.3 is 15.4 Å². The van der Waals surface area contributed by atoms with Gasteiger partial charge in [-0.3, -0.25) is 14.9 Å². The standard InChI is InChI=1S/C21H22N6O2/c28-21(20-16(13-25-27-20)4-3-15-2-1-9-23-12-15)26-17-5-6-19(24-14-17)29-18-7-10-22-11-8-18/h1-6,9,12-14,18,22H,7-8,10-11H2,(H,25,27)(H,26,28)/b4-3+. The van der Waals surface area contributed by atoms with Gasteiger partial charge in [0.25, 0.3) is 5.91 Å². The van der Waals surface area contributed by atoms with Crippen molar-refractivity contribution >= 4 is 23.7 Å². The maximum atomic E-state index is 12.6. The van der Waals surface area contributed by atoms with Crippen molar-refractivity contribution in [2.45, 2.75) is 18.9 Å². The van der Waals surface area contributed by atoms with Crippen molar-refractivity contribution < 1.29 is 9.53 Å². The minimum absolute atomic E-state index is 0.184. The van der Waals surface area contributed by atoms with E-state index in [4.69, 9.17) is 4.74 Å². The summed E-state index contributed by atoms with van der Waals surface area (Å²) in [5.41, 5.74) is 2.59. The van der Waals surface area contributed by atoms with E-state index in [1.807, 2.05) is 24.3 Å². The first-order chi connectivity index (χ1) is 14.3. The van der Waals surface area contributed by atoms with Crippen LogP contribution in [0, 0.1) is 0 Å². The minimum atomic E-state index is -0.290. The van der Waals surface area contributed by atoms with Gasteiger partial charge in [0.2, 0.25) is 5.88 Å². The average Bonchev–Trinajstić information content (AvgIpc) is 3.24. The minimum Gasteiger partial charge on any atom is -0.474 e. The fourth-order valence-electron chi connectivity index (χ4n) is 3.07. The monoisotopic (exact) mass is 390 g/mol. The molecule has 1 fully saturated rings. The number of piperidine rings is 1. The number of aromatic nitrogens is 4. The van der Waals surface area contributed by atoms with E-state index in [2.05, 4.69) is 30.8 Å². The maximum Gasteiger partial charge on any atom is 0.274 e. The van der Waals surface area contributed by atoms with Crippen molar-refractivity contribution in [1.82, 2.24) is 25.5 Å². The van der Waals surface area contributed by atoms with Crippen LogP contribution in [0.1, 0.15) is 34.5 Å². The van der Waals surface area contributed by atoms with E-state index in [1.165, 1.54) is 0 Å². The summed E-state index contributed by atoms with van der Waals surface area (Å²) in [6, 6.07) is 7.34. The number of rotatable bonds is 6. The number of pyridine rings is 2. The van der Waals surface area contributed by atoms with Crippen LogP contribution >= 0.6 is 0 Å². The molecule has 8 nitrogen and oxygen atoms in total. The highest BCUT2D eigenvalue weighted by atomic mass is 16.5. The van der Waals surface area contributed by atoms with Gasteiger partial charge in [-0.05, 0) is 43.6 Å². The van der Waals surface area contributed by atoms with Crippen LogP contribution in [0.2, 0.25) is 0 Å². The first kappa shape index (κ1) is 18.8. The molecule has 0 spiro atoms. The normalized spacial score (nSPS) is 14.8. The predicted octanol–water partition coefficient (Wildman–Crippen LogP) is 2.75. The van der Waals surface area contributed by atoms with Crippen LogP contribution in [0.5, 0.6) is 5.88 Å². The van der Waals surface area contributed by atoms with Crippen LogP contribution in [0.4, 0.5) is 5.69 Å². The van der Waals surface area contributed by atoms with E-state index >= 15 is 0 Å². The summed E-state index contributed by atoms with van der Waals surface area (Å²) in [5, 5.41) is 12.9. The SMILES string of the molecule is O=C(Nc1ccc(OC2CCNCC2)nc1)c1[nH]ncc1/C=C/c1cccnc1. The molecular formula is C21H22N6O2. The highest BCUT2D eigenvalue weighted by Crippen LogP contribution is 2.18. The first-order valence-corrected chi connectivity index (χ1v) is 9.54. The molecule has 148 valence electrons. The summed E-state index contributed by atoms with van der Waals surface area (Å²) in [4.78, 5) is 21.0. The molecular weight excluding hydrogens is 368 g/mol. The molecule has 0 radical (unpaired) electrons. The Bertz CT molecular complexity index is 962. The molecule has 0 aromatic carbocycles. The molecule has 4 rings (SSSR count). The second kappa shape index (κ2) is 9.11. The zero-order valence-corrected chi connectivity index (χ0v) is 15.8. The van der Waals surface area contributed by atoms with Crippen LogP contribution in [0.25, 0.3) is 12.2 Å². The summed E-state index contributed by atoms with van der Waals surface area (Å²) in [6.45, 7) is 1.92. The number of hydrogen-bond donors (Lipinski definition) is 3. The number of carbonyl (C=O) groups is 1. The van der Waals surface area contributed by atoms with E-state index in [0.717, 1.165) is 31.5 Å². The molecule has 1 amide bonds. The Balaban J connectivity index is 1.38. The third kappa shape index (κ3) is 5.05. The fourth-order valence-corrected chi connectivity index (χ4v) is 3.07. The van der Waals surface area contributed by atoms with Gasteiger partial charge >= 0.3 is 0 Å². The number of hydrogen-bond acceptors (Lipinski definition) is 6. The molecule has 3 N–H and O–H groups in total. The van der Waals surface area contributed by atoms with Gasteiger partial charge in [0, 0.05) is 24.0 Å². The second-order valence-corrected chi connectivity index (χ2v) is 6.73. The molecule has 0 bridgehead atoms. The van der Waals surface area contributed by atoms with E-state index in [1.54, 1.807) is 36.9 Å². The lowest BCUT2D eigenvalue weighted by atomic mass is 10.1. The average molecular weight is 390 g/mol. The molecule has 0 unspecified atom stereocenters. The Morgan fingerprint density at radius 3 is 2.79 bits per heavy atom. The number of anilines is 1. The molecule has 29 heavy (non-hydrogen) atoms. The number of H-pyrrole nitrogens is 1. The van der Waals surface area contributed by atoms with E-state index < -0.39 is 0 Å². The Hall–Kier alpha value is -3.52. The van der Waals surface area contributed by atoms with Crippen molar-refractivity contribution in [3.63, 3.8) is 0 Å². The summed E-state index contributed by atoms with van der Waals surface area (Å²) in [6.07, 6.45) is 12.5. The molecule has 3 aromatic heterocycles. The van der Waals surface area contributed by atoms with Crippen molar-refractivity contribution in [2.75, 3.05) is 18.4 Å².